The van der Waals surface area contributed by atoms with E-state index in [0.29, 0.717) is 5.92 Å². The van der Waals surface area contributed by atoms with E-state index in [4.69, 9.17) is 10.5 Å². The highest BCUT2D eigenvalue weighted by molar-refractivity contribution is 5.47. The summed E-state index contributed by atoms with van der Waals surface area (Å²) in [6, 6.07) is 2.42. The zero-order valence-corrected chi connectivity index (χ0v) is 12.9. The van der Waals surface area contributed by atoms with E-state index in [1.807, 2.05) is 13.1 Å². The molecule has 1 aliphatic heterocycles. The van der Waals surface area contributed by atoms with Crippen LogP contribution in [0.25, 0.3) is 0 Å². The number of nitrogens with two attached hydrogens (primary N) is 1. The van der Waals surface area contributed by atoms with E-state index in [9.17, 15) is 0 Å². The highest BCUT2D eigenvalue weighted by atomic mass is 16.5. The molecule has 20 heavy (non-hydrogen) atoms. The number of ether oxygens (including phenoxy) is 1. The van der Waals surface area contributed by atoms with E-state index in [-0.39, 0.29) is 6.04 Å². The summed E-state index contributed by atoms with van der Waals surface area (Å²) in [6.45, 7) is 7.22. The number of hydrogen-bond acceptors (Lipinski definition) is 4. The zero-order valence-electron chi connectivity index (χ0n) is 12.9. The molecule has 0 radical (unpaired) electrons. The predicted molar refractivity (Wildman–Crippen MR) is 83.1 cm³/mol. The molecule has 0 saturated carbocycles. The van der Waals surface area contributed by atoms with Crippen molar-refractivity contribution in [1.82, 2.24) is 4.98 Å². The predicted octanol–water partition coefficient (Wildman–Crippen LogP) is 2.14. The maximum Gasteiger partial charge on any atom is 0.131 e. The van der Waals surface area contributed by atoms with Gasteiger partial charge in [-0.25, -0.2) is 4.98 Å². The van der Waals surface area contributed by atoms with Crippen molar-refractivity contribution in [2.75, 3.05) is 31.7 Å². The Morgan fingerprint density at radius 3 is 2.70 bits per heavy atom. The van der Waals surface area contributed by atoms with Crippen LogP contribution in [0, 0.1) is 12.8 Å². The maximum atomic E-state index is 5.85. The fourth-order valence-electron chi connectivity index (χ4n) is 2.99. The van der Waals surface area contributed by atoms with Crippen molar-refractivity contribution >= 4 is 5.82 Å². The van der Waals surface area contributed by atoms with Gasteiger partial charge in [-0.2, -0.15) is 0 Å². The van der Waals surface area contributed by atoms with Crippen molar-refractivity contribution in [3.63, 3.8) is 0 Å². The summed E-state index contributed by atoms with van der Waals surface area (Å²) >= 11 is 0. The van der Waals surface area contributed by atoms with Gasteiger partial charge in [-0.3, -0.25) is 0 Å². The average molecular weight is 277 g/mol. The Kier molecular flexibility index (Phi) is 5.38. The molecule has 1 aliphatic rings. The van der Waals surface area contributed by atoms with E-state index < -0.39 is 0 Å². The molecule has 0 aliphatic carbocycles. The monoisotopic (exact) mass is 277 g/mol. The van der Waals surface area contributed by atoms with Gasteiger partial charge in [0.25, 0.3) is 0 Å². The van der Waals surface area contributed by atoms with Gasteiger partial charge in [-0.15, -0.1) is 0 Å². The SMILES string of the molecule is COCC1CCN(c2ncc(CC(C)N)cc2C)CC1. The Labute approximate surface area is 122 Å². The van der Waals surface area contributed by atoms with Crippen LogP contribution >= 0.6 is 0 Å². The Morgan fingerprint density at radius 1 is 1.45 bits per heavy atom. The summed E-state index contributed by atoms with van der Waals surface area (Å²) in [5.41, 5.74) is 8.34. The molecule has 1 unspecified atom stereocenters. The first-order chi connectivity index (χ1) is 9.60. The van der Waals surface area contributed by atoms with Crippen molar-refractivity contribution in [3.05, 3.63) is 23.4 Å². The van der Waals surface area contributed by atoms with Crippen molar-refractivity contribution in [2.24, 2.45) is 11.7 Å². The fraction of sp³-hybridized carbons (Fsp3) is 0.688. The van der Waals surface area contributed by atoms with Gasteiger partial charge in [0.2, 0.25) is 0 Å². The Morgan fingerprint density at radius 2 is 2.15 bits per heavy atom. The first-order valence-electron chi connectivity index (χ1n) is 7.55. The molecule has 0 amide bonds. The second-order valence-electron chi connectivity index (χ2n) is 6.05. The summed E-state index contributed by atoms with van der Waals surface area (Å²) in [7, 11) is 1.79. The first kappa shape index (κ1) is 15.3. The summed E-state index contributed by atoms with van der Waals surface area (Å²) < 4.78 is 5.25. The van der Waals surface area contributed by atoms with E-state index in [2.05, 4.69) is 22.9 Å². The summed E-state index contributed by atoms with van der Waals surface area (Å²) in [4.78, 5) is 7.07. The normalized spacial score (nSPS) is 18.3. The molecule has 1 aromatic rings. The minimum Gasteiger partial charge on any atom is -0.384 e. The lowest BCUT2D eigenvalue weighted by Gasteiger charge is -2.33. The van der Waals surface area contributed by atoms with Crippen LogP contribution in [0.2, 0.25) is 0 Å². The molecule has 4 nitrogen and oxygen atoms in total. The molecule has 1 fully saturated rings. The molecular weight excluding hydrogens is 250 g/mol. The third-order valence-electron chi connectivity index (χ3n) is 3.98. The van der Waals surface area contributed by atoms with Crippen LogP contribution in [-0.2, 0) is 11.2 Å². The average Bonchev–Trinajstić information content (AvgIpc) is 2.40. The highest BCUT2D eigenvalue weighted by Crippen LogP contribution is 2.25. The number of aryl methyl sites for hydroxylation is 1. The Balaban J connectivity index is 1.99. The second kappa shape index (κ2) is 7.04. The number of nitrogens with zero attached hydrogens (tertiary/aromatic N) is 2. The molecule has 4 heteroatoms. The smallest absolute Gasteiger partial charge is 0.131 e. The number of anilines is 1. The number of hydrogen-bond donors (Lipinski definition) is 1. The maximum absolute atomic E-state index is 5.85. The molecule has 2 rings (SSSR count). The largest absolute Gasteiger partial charge is 0.384 e. The number of methoxy groups -OCH3 is 1. The molecule has 112 valence electrons. The molecule has 2 N–H and O–H groups in total. The lowest BCUT2D eigenvalue weighted by Crippen LogP contribution is -2.36. The van der Waals surface area contributed by atoms with Crippen molar-refractivity contribution < 1.29 is 4.74 Å². The van der Waals surface area contributed by atoms with Crippen LogP contribution in [0.4, 0.5) is 5.82 Å². The third-order valence-corrected chi connectivity index (χ3v) is 3.98. The third kappa shape index (κ3) is 3.93. The van der Waals surface area contributed by atoms with E-state index in [1.165, 1.54) is 24.0 Å². The number of piperidine rings is 1. The Bertz CT molecular complexity index is 426. The van der Waals surface area contributed by atoms with Crippen molar-refractivity contribution in [1.29, 1.82) is 0 Å². The van der Waals surface area contributed by atoms with Gasteiger partial charge in [0.05, 0.1) is 0 Å². The zero-order chi connectivity index (χ0) is 14.5. The topological polar surface area (TPSA) is 51.4 Å². The van der Waals surface area contributed by atoms with E-state index in [1.54, 1.807) is 7.11 Å². The van der Waals surface area contributed by atoms with Crippen molar-refractivity contribution in [2.45, 2.75) is 39.2 Å². The molecule has 0 bridgehead atoms. The van der Waals surface area contributed by atoms with Crippen LogP contribution in [0.1, 0.15) is 30.9 Å². The highest BCUT2D eigenvalue weighted by Gasteiger charge is 2.21. The lowest BCUT2D eigenvalue weighted by atomic mass is 9.97. The molecule has 0 aromatic carbocycles. The second-order valence-corrected chi connectivity index (χ2v) is 6.05. The van der Waals surface area contributed by atoms with Crippen LogP contribution in [0.3, 0.4) is 0 Å². The van der Waals surface area contributed by atoms with E-state index in [0.717, 1.165) is 31.9 Å². The summed E-state index contributed by atoms with van der Waals surface area (Å²) in [5.74, 6) is 1.84. The van der Waals surface area contributed by atoms with Crippen LogP contribution in [0.5, 0.6) is 0 Å². The van der Waals surface area contributed by atoms with Gasteiger partial charge in [0.15, 0.2) is 0 Å². The van der Waals surface area contributed by atoms with Gasteiger partial charge < -0.3 is 15.4 Å². The number of pyridine rings is 1. The van der Waals surface area contributed by atoms with Crippen LogP contribution < -0.4 is 10.6 Å². The minimum atomic E-state index is 0.187. The summed E-state index contributed by atoms with van der Waals surface area (Å²) in [6.07, 6.45) is 5.25. The van der Waals surface area contributed by atoms with Gasteiger partial charge in [-0.1, -0.05) is 6.07 Å². The van der Waals surface area contributed by atoms with Crippen LogP contribution in [0.15, 0.2) is 12.3 Å². The van der Waals surface area contributed by atoms with Gasteiger partial charge in [-0.05, 0) is 50.2 Å². The Hall–Kier alpha value is -1.13. The minimum absolute atomic E-state index is 0.187. The molecule has 1 atom stereocenters. The lowest BCUT2D eigenvalue weighted by molar-refractivity contribution is 0.139. The van der Waals surface area contributed by atoms with Crippen molar-refractivity contribution in [3.8, 4) is 0 Å². The quantitative estimate of drug-likeness (QED) is 0.896. The number of rotatable bonds is 5. The van der Waals surface area contributed by atoms with E-state index >= 15 is 0 Å². The molecule has 2 heterocycles. The van der Waals surface area contributed by atoms with Gasteiger partial charge >= 0.3 is 0 Å². The number of aromatic nitrogens is 1. The first-order valence-corrected chi connectivity index (χ1v) is 7.55. The molecule has 1 saturated heterocycles. The fourth-order valence-corrected chi connectivity index (χ4v) is 2.99. The van der Waals surface area contributed by atoms with Gasteiger partial charge in [0.1, 0.15) is 5.82 Å². The van der Waals surface area contributed by atoms with Crippen LogP contribution in [-0.4, -0.2) is 37.8 Å². The van der Waals surface area contributed by atoms with Gasteiger partial charge in [0, 0.05) is 39.0 Å². The summed E-state index contributed by atoms with van der Waals surface area (Å²) in [5, 5.41) is 0. The molecule has 0 spiro atoms. The standard InChI is InChI=1S/C16H27N3O/c1-12-8-15(9-13(2)17)10-18-16(12)19-6-4-14(5-7-19)11-20-3/h8,10,13-14H,4-7,9,11,17H2,1-3H3. The molecule has 1 aromatic heterocycles. The molecular formula is C16H27N3O.